The Hall–Kier alpha value is -2.33. The summed E-state index contributed by atoms with van der Waals surface area (Å²) < 4.78 is 46.3. The molecule has 0 bridgehead atoms. The highest BCUT2D eigenvalue weighted by Crippen LogP contribution is 2.44. The van der Waals surface area contributed by atoms with Crippen molar-refractivity contribution in [1.29, 1.82) is 0 Å². The van der Waals surface area contributed by atoms with Gasteiger partial charge in [-0.3, -0.25) is 4.72 Å². The normalized spacial score (nSPS) is 14.0. The number of aromatic hydroxyl groups is 1. The maximum Gasteiger partial charge on any atom is 0.339 e. The van der Waals surface area contributed by atoms with Crippen LogP contribution in [0.4, 0.5) is 10.1 Å². The van der Waals surface area contributed by atoms with Crippen molar-refractivity contribution in [3.8, 4) is 11.5 Å². The number of carboxylic acid groups (broad SMARTS) is 1. The van der Waals surface area contributed by atoms with Crippen molar-refractivity contribution >= 4 is 37.6 Å². The van der Waals surface area contributed by atoms with Crippen molar-refractivity contribution in [1.82, 2.24) is 0 Å². The number of benzene rings is 2. The average molecular weight is 460 g/mol. The fourth-order valence-electron chi connectivity index (χ4n) is 2.63. The number of anilines is 1. The van der Waals surface area contributed by atoms with Crippen molar-refractivity contribution in [3.05, 3.63) is 45.7 Å². The molecule has 1 saturated carbocycles. The first-order valence-electron chi connectivity index (χ1n) is 7.80. The van der Waals surface area contributed by atoms with Crippen LogP contribution in [0.3, 0.4) is 0 Å². The number of phenols is 1. The van der Waals surface area contributed by atoms with Crippen LogP contribution in [0.25, 0.3) is 0 Å². The van der Waals surface area contributed by atoms with Gasteiger partial charge in [0.15, 0.2) is 5.75 Å². The van der Waals surface area contributed by atoms with Crippen LogP contribution in [0.5, 0.6) is 11.5 Å². The summed E-state index contributed by atoms with van der Waals surface area (Å²) in [6.07, 6.45) is 1.71. The smallest absolute Gasteiger partial charge is 0.339 e. The van der Waals surface area contributed by atoms with Gasteiger partial charge in [0, 0.05) is 6.07 Å². The minimum absolute atomic E-state index is 0.0918. The van der Waals surface area contributed by atoms with Crippen LogP contribution in [0, 0.1) is 5.82 Å². The lowest BCUT2D eigenvalue weighted by Crippen LogP contribution is -2.15. The molecule has 1 fully saturated rings. The fraction of sp³-hybridized carbons (Fsp3) is 0.235. The molecule has 0 aromatic heterocycles. The minimum atomic E-state index is -4.31. The third-order valence-corrected chi connectivity index (χ3v) is 6.15. The molecule has 2 aromatic rings. The molecule has 1 aliphatic carbocycles. The van der Waals surface area contributed by atoms with Gasteiger partial charge in [0.2, 0.25) is 0 Å². The van der Waals surface area contributed by atoms with Crippen molar-refractivity contribution < 1.29 is 32.6 Å². The monoisotopic (exact) mass is 459 g/mol. The minimum Gasteiger partial charge on any atom is -0.505 e. The first kappa shape index (κ1) is 19.4. The predicted octanol–water partition coefficient (Wildman–Crippen LogP) is 3.68. The summed E-state index contributed by atoms with van der Waals surface area (Å²) in [5.74, 6) is -2.90. The number of sulfonamides is 1. The fourth-order valence-corrected chi connectivity index (χ4v) is 4.36. The first-order valence-corrected chi connectivity index (χ1v) is 10.1. The molecule has 1 aliphatic rings. The summed E-state index contributed by atoms with van der Waals surface area (Å²) >= 11 is 2.92. The van der Waals surface area contributed by atoms with E-state index in [1.54, 1.807) is 0 Å². The second kappa shape index (κ2) is 7.01. The largest absolute Gasteiger partial charge is 0.505 e. The summed E-state index contributed by atoms with van der Waals surface area (Å²) in [5.41, 5.74) is -0.0428. The van der Waals surface area contributed by atoms with Gasteiger partial charge >= 0.3 is 5.97 Å². The molecular weight excluding hydrogens is 445 g/mol. The molecule has 2 aromatic carbocycles. The number of carbonyl (C=O) groups is 1. The van der Waals surface area contributed by atoms with Crippen molar-refractivity contribution in [3.63, 3.8) is 0 Å². The van der Waals surface area contributed by atoms with Crippen LogP contribution in [-0.2, 0) is 10.0 Å². The lowest BCUT2D eigenvalue weighted by molar-refractivity contribution is 0.0693. The number of hydrogen-bond donors (Lipinski definition) is 3. The summed E-state index contributed by atoms with van der Waals surface area (Å²) in [6, 6.07) is 4.67. The lowest BCUT2D eigenvalue weighted by Gasteiger charge is -2.15. The van der Waals surface area contributed by atoms with E-state index in [0.717, 1.165) is 25.0 Å². The number of ether oxygens (including phenoxy) is 1. The molecule has 3 N–H and O–H groups in total. The lowest BCUT2D eigenvalue weighted by atomic mass is 10.0. The maximum atomic E-state index is 13.7. The third kappa shape index (κ3) is 3.86. The number of methoxy groups -OCH3 is 1. The van der Waals surface area contributed by atoms with Gasteiger partial charge in [0.25, 0.3) is 10.0 Å². The molecule has 0 amide bonds. The Balaban J connectivity index is 2.09. The van der Waals surface area contributed by atoms with Gasteiger partial charge in [-0.15, -0.1) is 0 Å². The number of rotatable bonds is 6. The Bertz CT molecular complexity index is 1040. The van der Waals surface area contributed by atoms with Crippen molar-refractivity contribution in [2.75, 3.05) is 11.8 Å². The Morgan fingerprint density at radius 2 is 1.96 bits per heavy atom. The third-order valence-electron chi connectivity index (χ3n) is 4.15. The van der Waals surface area contributed by atoms with E-state index in [-0.39, 0.29) is 26.7 Å². The van der Waals surface area contributed by atoms with E-state index in [4.69, 9.17) is 4.74 Å². The number of nitrogens with one attached hydrogen (secondary N) is 1. The maximum absolute atomic E-state index is 13.7. The first-order chi connectivity index (χ1) is 12.6. The van der Waals surface area contributed by atoms with Crippen molar-refractivity contribution in [2.24, 2.45) is 0 Å². The van der Waals surface area contributed by atoms with Crippen LogP contribution in [0.1, 0.15) is 34.7 Å². The molecule has 0 spiro atoms. The zero-order valence-corrected chi connectivity index (χ0v) is 16.4. The number of hydrogen-bond acceptors (Lipinski definition) is 5. The zero-order chi connectivity index (χ0) is 19.9. The number of carboxylic acids is 1. The molecule has 0 saturated heterocycles. The topological polar surface area (TPSA) is 113 Å². The molecule has 144 valence electrons. The zero-order valence-electron chi connectivity index (χ0n) is 14.0. The van der Waals surface area contributed by atoms with Crippen LogP contribution in [0.15, 0.2) is 33.6 Å². The van der Waals surface area contributed by atoms with Gasteiger partial charge in [0.05, 0.1) is 17.3 Å². The second-order valence-electron chi connectivity index (χ2n) is 6.07. The number of aromatic carboxylic acids is 1. The number of halogens is 2. The Kier molecular flexibility index (Phi) is 5.04. The molecule has 0 heterocycles. The molecule has 3 rings (SSSR count). The molecule has 27 heavy (non-hydrogen) atoms. The standard InChI is InChI=1S/C17H15BrFNO6S/c1-26-14-7-12(19)11(18)6-15(14)27(24,25)20-13-5-9(8-2-3-8)4-10(16(13)21)17(22)23/h4-8,20-21H,2-3H2,1H3,(H,22,23). The Morgan fingerprint density at radius 1 is 1.30 bits per heavy atom. The highest BCUT2D eigenvalue weighted by atomic mass is 79.9. The van der Waals surface area contributed by atoms with E-state index in [9.17, 15) is 27.8 Å². The van der Waals surface area contributed by atoms with E-state index >= 15 is 0 Å². The van der Waals surface area contributed by atoms with Gasteiger partial charge in [-0.05, 0) is 58.5 Å². The molecule has 7 nitrogen and oxygen atoms in total. The van der Waals surface area contributed by atoms with Gasteiger partial charge in [-0.25, -0.2) is 17.6 Å². The quantitative estimate of drug-likeness (QED) is 0.567. The Labute approximate surface area is 163 Å². The summed E-state index contributed by atoms with van der Waals surface area (Å²) in [5, 5.41) is 19.5. The van der Waals surface area contributed by atoms with E-state index < -0.39 is 33.1 Å². The van der Waals surface area contributed by atoms with E-state index in [0.29, 0.717) is 5.56 Å². The SMILES string of the molecule is COc1cc(F)c(Br)cc1S(=O)(=O)Nc1cc(C2CC2)cc(C(=O)O)c1O. The van der Waals surface area contributed by atoms with E-state index in [2.05, 4.69) is 20.7 Å². The second-order valence-corrected chi connectivity index (χ2v) is 8.57. The Morgan fingerprint density at radius 3 is 2.52 bits per heavy atom. The molecule has 0 unspecified atom stereocenters. The van der Waals surface area contributed by atoms with Crippen LogP contribution < -0.4 is 9.46 Å². The molecule has 0 aliphatic heterocycles. The molecule has 0 atom stereocenters. The van der Waals surface area contributed by atoms with Gasteiger partial charge in [0.1, 0.15) is 22.0 Å². The highest BCUT2D eigenvalue weighted by molar-refractivity contribution is 9.10. The van der Waals surface area contributed by atoms with Crippen LogP contribution >= 0.6 is 15.9 Å². The highest BCUT2D eigenvalue weighted by Gasteiger charge is 2.29. The average Bonchev–Trinajstić information content (AvgIpc) is 3.43. The summed E-state index contributed by atoms with van der Waals surface area (Å²) in [6.45, 7) is 0. The van der Waals surface area contributed by atoms with Gasteiger partial charge in [-0.1, -0.05) is 0 Å². The van der Waals surface area contributed by atoms with Gasteiger partial charge in [-0.2, -0.15) is 0 Å². The van der Waals surface area contributed by atoms with Crippen molar-refractivity contribution in [2.45, 2.75) is 23.7 Å². The van der Waals surface area contributed by atoms with Gasteiger partial charge < -0.3 is 14.9 Å². The van der Waals surface area contributed by atoms with E-state index in [1.165, 1.54) is 19.2 Å². The molecule has 10 heteroatoms. The predicted molar refractivity (Wildman–Crippen MR) is 98.5 cm³/mol. The van der Waals surface area contributed by atoms with Crippen LogP contribution in [0.2, 0.25) is 0 Å². The van der Waals surface area contributed by atoms with Crippen LogP contribution in [-0.4, -0.2) is 31.7 Å². The molecular formula is C17H15BrFNO6S. The van der Waals surface area contributed by atoms with E-state index in [1.807, 2.05) is 0 Å². The molecule has 0 radical (unpaired) electrons. The summed E-state index contributed by atoms with van der Waals surface area (Å²) in [4.78, 5) is 11.0. The summed E-state index contributed by atoms with van der Waals surface area (Å²) in [7, 11) is -3.12.